The normalized spacial score (nSPS) is 12.9. The van der Waals surface area contributed by atoms with Crippen LogP contribution in [0.25, 0.3) is 0 Å². The minimum atomic E-state index is -1.44. The minimum Gasteiger partial charge on any atom is -0.504 e. The molecule has 7 heteroatoms. The van der Waals surface area contributed by atoms with E-state index in [9.17, 15) is 24.9 Å². The van der Waals surface area contributed by atoms with Gasteiger partial charge in [0.15, 0.2) is 17.5 Å². The molecule has 0 spiro atoms. The minimum absolute atomic E-state index is 0.0949. The maximum absolute atomic E-state index is 12.2. The number of methoxy groups -OCH3 is 1. The van der Waals surface area contributed by atoms with Gasteiger partial charge in [-0.2, -0.15) is 0 Å². The molecule has 4 N–H and O–H groups in total. The summed E-state index contributed by atoms with van der Waals surface area (Å²) in [5.41, 5.74) is 0.976. The maximum atomic E-state index is 12.2. The van der Waals surface area contributed by atoms with Crippen molar-refractivity contribution in [3.8, 4) is 11.5 Å². The molecule has 1 amide bonds. The highest BCUT2D eigenvalue weighted by atomic mass is 16.5. The number of rotatable bonds is 6. The molecule has 0 aliphatic rings. The average molecular weight is 345 g/mol. The van der Waals surface area contributed by atoms with E-state index in [2.05, 4.69) is 5.32 Å². The number of benzene rings is 2. The summed E-state index contributed by atoms with van der Waals surface area (Å²) in [6.45, 7) is 0. The Morgan fingerprint density at radius 2 is 1.76 bits per heavy atom. The number of esters is 1. The maximum Gasteiger partial charge on any atom is 0.333 e. The summed E-state index contributed by atoms with van der Waals surface area (Å²) in [6.07, 6.45) is -1.54. The summed E-state index contributed by atoms with van der Waals surface area (Å²) in [5.74, 6) is -2.06. The lowest BCUT2D eigenvalue weighted by Crippen LogP contribution is -2.41. The number of nitrogens with one attached hydrogen (secondary N) is 1. The monoisotopic (exact) mass is 345 g/mol. The van der Waals surface area contributed by atoms with Gasteiger partial charge in [-0.25, -0.2) is 4.79 Å². The zero-order valence-electron chi connectivity index (χ0n) is 13.5. The predicted octanol–water partition coefficient (Wildman–Crippen LogP) is 1.03. The first-order chi connectivity index (χ1) is 11.9. The second-order valence-corrected chi connectivity index (χ2v) is 5.42. The van der Waals surface area contributed by atoms with E-state index in [1.807, 2.05) is 0 Å². The molecule has 7 nitrogen and oxygen atoms in total. The largest absolute Gasteiger partial charge is 0.504 e. The topological polar surface area (TPSA) is 116 Å². The molecule has 0 unspecified atom stereocenters. The van der Waals surface area contributed by atoms with Gasteiger partial charge in [0.25, 0.3) is 0 Å². The summed E-state index contributed by atoms with van der Waals surface area (Å²) >= 11 is 0. The van der Waals surface area contributed by atoms with Crippen molar-refractivity contribution in [3.05, 3.63) is 59.7 Å². The van der Waals surface area contributed by atoms with Gasteiger partial charge in [0.1, 0.15) is 6.10 Å². The molecule has 0 heterocycles. The van der Waals surface area contributed by atoms with Crippen LogP contribution >= 0.6 is 0 Å². The Balaban J connectivity index is 2.09. The molecule has 0 aromatic heterocycles. The number of amides is 1. The molecule has 2 aromatic carbocycles. The number of carbonyl (C=O) groups excluding carboxylic acids is 2. The van der Waals surface area contributed by atoms with Crippen LogP contribution in [0, 0.1) is 0 Å². The zero-order chi connectivity index (χ0) is 18.4. The van der Waals surface area contributed by atoms with E-state index >= 15 is 0 Å². The van der Waals surface area contributed by atoms with Gasteiger partial charge in [0, 0.05) is 6.42 Å². The summed E-state index contributed by atoms with van der Waals surface area (Å²) in [4.78, 5) is 24.2. The fraction of sp³-hybridized carbons (Fsp3) is 0.222. The number of aliphatic hydroxyl groups excluding tert-OH is 1. The number of hydrogen-bond acceptors (Lipinski definition) is 6. The van der Waals surface area contributed by atoms with Crippen molar-refractivity contribution >= 4 is 11.9 Å². The number of ether oxygens (including phenoxy) is 1. The van der Waals surface area contributed by atoms with Crippen LogP contribution in [-0.4, -0.2) is 40.4 Å². The molecule has 2 rings (SSSR count). The molecule has 0 aliphatic carbocycles. The smallest absolute Gasteiger partial charge is 0.333 e. The third kappa shape index (κ3) is 4.71. The molecule has 2 atom stereocenters. The van der Waals surface area contributed by atoms with Crippen LogP contribution in [0.3, 0.4) is 0 Å². The Labute approximate surface area is 144 Å². The summed E-state index contributed by atoms with van der Waals surface area (Å²) in [6, 6.07) is 11.5. The highest BCUT2D eigenvalue weighted by Crippen LogP contribution is 2.25. The Morgan fingerprint density at radius 3 is 2.36 bits per heavy atom. The quantitative estimate of drug-likeness (QED) is 0.459. The Morgan fingerprint density at radius 1 is 1.08 bits per heavy atom. The van der Waals surface area contributed by atoms with Crippen molar-refractivity contribution in [2.24, 2.45) is 0 Å². The van der Waals surface area contributed by atoms with Crippen molar-refractivity contribution in [3.63, 3.8) is 0 Å². The second kappa shape index (κ2) is 8.16. The summed E-state index contributed by atoms with van der Waals surface area (Å²) in [7, 11) is 1.21. The number of carbonyl (C=O) groups is 2. The molecular formula is C18H19NO6. The first kappa shape index (κ1) is 18.3. The lowest BCUT2D eigenvalue weighted by Gasteiger charge is -2.19. The number of aromatic hydroxyl groups is 2. The number of phenols is 2. The molecule has 0 saturated heterocycles. The third-order valence-corrected chi connectivity index (χ3v) is 3.63. The van der Waals surface area contributed by atoms with Crippen molar-refractivity contribution in [1.29, 1.82) is 0 Å². The van der Waals surface area contributed by atoms with Crippen LogP contribution in [0.15, 0.2) is 48.5 Å². The van der Waals surface area contributed by atoms with E-state index in [1.54, 1.807) is 30.3 Å². The molecule has 0 bridgehead atoms. The van der Waals surface area contributed by atoms with Crippen LogP contribution < -0.4 is 5.32 Å². The van der Waals surface area contributed by atoms with Gasteiger partial charge in [-0.1, -0.05) is 36.4 Å². The molecular weight excluding hydrogens is 326 g/mol. The second-order valence-electron chi connectivity index (χ2n) is 5.42. The first-order valence-corrected chi connectivity index (χ1v) is 7.54. The van der Waals surface area contributed by atoms with E-state index in [0.717, 1.165) is 0 Å². The Kier molecular flexibility index (Phi) is 5.97. The highest BCUT2D eigenvalue weighted by molar-refractivity contribution is 5.87. The summed E-state index contributed by atoms with van der Waals surface area (Å²) in [5, 5.41) is 31.3. The average Bonchev–Trinajstić information content (AvgIpc) is 2.62. The first-order valence-electron chi connectivity index (χ1n) is 7.54. The van der Waals surface area contributed by atoms with Gasteiger partial charge in [-0.3, -0.25) is 4.79 Å². The van der Waals surface area contributed by atoms with Crippen molar-refractivity contribution < 1.29 is 29.6 Å². The lowest BCUT2D eigenvalue weighted by molar-refractivity contribution is -0.146. The third-order valence-electron chi connectivity index (χ3n) is 3.63. The number of hydrogen-bond donors (Lipinski definition) is 4. The molecule has 0 radical (unpaired) electrons. The molecule has 132 valence electrons. The molecule has 0 saturated carbocycles. The Bertz CT molecular complexity index is 746. The van der Waals surface area contributed by atoms with Crippen LogP contribution in [0.4, 0.5) is 0 Å². The van der Waals surface area contributed by atoms with E-state index in [1.165, 1.54) is 25.3 Å². The standard InChI is InChI=1S/C18H19NO6/c1-25-18(24)16(12-5-3-2-4-6-12)19-17(23)15(22)10-11-7-8-13(20)14(21)9-11/h2-9,15-16,20-22H,10H2,1H3,(H,19,23)/t15-,16-/m1/s1. The van der Waals surface area contributed by atoms with E-state index in [4.69, 9.17) is 4.74 Å². The highest BCUT2D eigenvalue weighted by Gasteiger charge is 2.26. The van der Waals surface area contributed by atoms with Gasteiger partial charge in [0.2, 0.25) is 5.91 Å². The Hall–Kier alpha value is -3.06. The van der Waals surface area contributed by atoms with E-state index in [-0.39, 0.29) is 17.9 Å². The van der Waals surface area contributed by atoms with Crippen LogP contribution in [0.2, 0.25) is 0 Å². The predicted molar refractivity (Wildman–Crippen MR) is 88.8 cm³/mol. The van der Waals surface area contributed by atoms with Crippen molar-refractivity contribution in [2.45, 2.75) is 18.6 Å². The SMILES string of the molecule is COC(=O)[C@H](NC(=O)[C@H](O)Cc1ccc(O)c(O)c1)c1ccccc1. The van der Waals surface area contributed by atoms with Crippen molar-refractivity contribution in [2.75, 3.05) is 7.11 Å². The molecule has 25 heavy (non-hydrogen) atoms. The van der Waals surface area contributed by atoms with E-state index in [0.29, 0.717) is 11.1 Å². The van der Waals surface area contributed by atoms with Gasteiger partial charge in [0.05, 0.1) is 7.11 Å². The zero-order valence-corrected chi connectivity index (χ0v) is 13.5. The lowest BCUT2D eigenvalue weighted by atomic mass is 10.0. The van der Waals surface area contributed by atoms with Crippen LogP contribution in [0.1, 0.15) is 17.2 Å². The fourth-order valence-corrected chi connectivity index (χ4v) is 2.29. The van der Waals surface area contributed by atoms with Gasteiger partial charge in [-0.15, -0.1) is 0 Å². The van der Waals surface area contributed by atoms with E-state index < -0.39 is 24.0 Å². The summed E-state index contributed by atoms with van der Waals surface area (Å²) < 4.78 is 4.70. The molecule has 2 aromatic rings. The molecule has 0 aliphatic heterocycles. The van der Waals surface area contributed by atoms with Crippen molar-refractivity contribution in [1.82, 2.24) is 5.32 Å². The van der Waals surface area contributed by atoms with Gasteiger partial charge < -0.3 is 25.4 Å². The van der Waals surface area contributed by atoms with Gasteiger partial charge in [-0.05, 0) is 23.3 Å². The van der Waals surface area contributed by atoms with Crippen LogP contribution in [0.5, 0.6) is 11.5 Å². The number of phenolic OH excluding ortho intramolecular Hbond substituents is 2. The molecule has 0 fully saturated rings. The van der Waals surface area contributed by atoms with Gasteiger partial charge >= 0.3 is 5.97 Å². The number of aliphatic hydroxyl groups is 1. The fourth-order valence-electron chi connectivity index (χ4n) is 2.29. The van der Waals surface area contributed by atoms with Crippen LogP contribution in [-0.2, 0) is 20.7 Å².